The SMILES string of the molecule is CCCNC(Cc1nc(C)cs1)c1ccc(Cl)c(Cl)c1. The average Bonchev–Trinajstić information content (AvgIpc) is 2.83. The lowest BCUT2D eigenvalue weighted by Gasteiger charge is -2.18. The van der Waals surface area contributed by atoms with Gasteiger partial charge in [0.1, 0.15) is 0 Å². The lowest BCUT2D eigenvalue weighted by atomic mass is 10.0. The van der Waals surface area contributed by atoms with E-state index in [4.69, 9.17) is 23.2 Å². The Labute approximate surface area is 134 Å². The third-order valence-corrected chi connectivity index (χ3v) is 4.76. The van der Waals surface area contributed by atoms with Crippen molar-refractivity contribution in [3.05, 3.63) is 49.9 Å². The minimum Gasteiger partial charge on any atom is -0.310 e. The summed E-state index contributed by atoms with van der Waals surface area (Å²) in [6.07, 6.45) is 1.96. The summed E-state index contributed by atoms with van der Waals surface area (Å²) in [6.45, 7) is 5.15. The topological polar surface area (TPSA) is 24.9 Å². The van der Waals surface area contributed by atoms with Gasteiger partial charge in [-0.15, -0.1) is 11.3 Å². The first-order chi connectivity index (χ1) is 9.60. The molecule has 0 fully saturated rings. The number of hydrogen-bond donors (Lipinski definition) is 1. The summed E-state index contributed by atoms with van der Waals surface area (Å²) in [6, 6.07) is 6.04. The molecule has 20 heavy (non-hydrogen) atoms. The number of benzene rings is 1. The maximum atomic E-state index is 6.13. The first-order valence-corrected chi connectivity index (χ1v) is 8.33. The number of halogens is 2. The predicted molar refractivity (Wildman–Crippen MR) is 88.1 cm³/mol. The maximum absolute atomic E-state index is 6.13. The van der Waals surface area contributed by atoms with Crippen LogP contribution in [-0.4, -0.2) is 11.5 Å². The van der Waals surface area contributed by atoms with Crippen LogP contribution in [0.3, 0.4) is 0 Å². The molecule has 0 aliphatic carbocycles. The fourth-order valence-corrected chi connectivity index (χ4v) is 3.15. The van der Waals surface area contributed by atoms with E-state index in [1.807, 2.05) is 25.1 Å². The van der Waals surface area contributed by atoms with Crippen molar-refractivity contribution in [3.63, 3.8) is 0 Å². The number of nitrogens with one attached hydrogen (secondary N) is 1. The Balaban J connectivity index is 2.19. The fourth-order valence-electron chi connectivity index (χ4n) is 2.03. The van der Waals surface area contributed by atoms with Gasteiger partial charge >= 0.3 is 0 Å². The summed E-state index contributed by atoms with van der Waals surface area (Å²) in [5.74, 6) is 0. The first kappa shape index (κ1) is 15.8. The number of hydrogen-bond acceptors (Lipinski definition) is 3. The van der Waals surface area contributed by atoms with Gasteiger partial charge in [0.15, 0.2) is 0 Å². The van der Waals surface area contributed by atoms with E-state index in [0.29, 0.717) is 10.0 Å². The summed E-state index contributed by atoms with van der Waals surface area (Å²) in [4.78, 5) is 4.54. The van der Waals surface area contributed by atoms with Crippen LogP contribution in [0.1, 0.15) is 35.7 Å². The van der Waals surface area contributed by atoms with Crippen LogP contribution in [0.25, 0.3) is 0 Å². The molecule has 0 aliphatic heterocycles. The lowest BCUT2D eigenvalue weighted by molar-refractivity contribution is 0.528. The van der Waals surface area contributed by atoms with Gasteiger partial charge in [0.05, 0.1) is 15.1 Å². The van der Waals surface area contributed by atoms with Gasteiger partial charge < -0.3 is 5.32 Å². The Morgan fingerprint density at radius 2 is 2.10 bits per heavy atom. The van der Waals surface area contributed by atoms with E-state index in [0.717, 1.165) is 35.7 Å². The zero-order valence-corrected chi connectivity index (χ0v) is 13.9. The van der Waals surface area contributed by atoms with Crippen molar-refractivity contribution < 1.29 is 0 Å². The normalized spacial score (nSPS) is 12.6. The van der Waals surface area contributed by atoms with Gasteiger partial charge in [-0.05, 0) is 37.6 Å². The molecule has 108 valence electrons. The van der Waals surface area contributed by atoms with Crippen LogP contribution in [0.2, 0.25) is 10.0 Å². The average molecular weight is 329 g/mol. The predicted octanol–water partition coefficient (Wildman–Crippen LogP) is 5.04. The van der Waals surface area contributed by atoms with Gasteiger partial charge in [-0.3, -0.25) is 0 Å². The quantitative estimate of drug-likeness (QED) is 0.803. The molecule has 1 aromatic carbocycles. The first-order valence-electron chi connectivity index (χ1n) is 6.69. The third-order valence-electron chi connectivity index (χ3n) is 3.03. The van der Waals surface area contributed by atoms with Crippen molar-refractivity contribution in [2.24, 2.45) is 0 Å². The van der Waals surface area contributed by atoms with Crippen LogP contribution in [0.5, 0.6) is 0 Å². The van der Waals surface area contributed by atoms with E-state index in [-0.39, 0.29) is 6.04 Å². The molecule has 1 unspecified atom stereocenters. The zero-order valence-electron chi connectivity index (χ0n) is 11.6. The minimum absolute atomic E-state index is 0.218. The number of rotatable bonds is 6. The highest BCUT2D eigenvalue weighted by atomic mass is 35.5. The minimum atomic E-state index is 0.218. The van der Waals surface area contributed by atoms with Crippen molar-refractivity contribution in [2.45, 2.75) is 32.7 Å². The molecule has 0 amide bonds. The number of thiazole rings is 1. The second-order valence-electron chi connectivity index (χ2n) is 4.77. The molecule has 5 heteroatoms. The molecule has 1 heterocycles. The molecular formula is C15H18Cl2N2S. The third kappa shape index (κ3) is 4.19. The van der Waals surface area contributed by atoms with E-state index < -0.39 is 0 Å². The number of nitrogens with zero attached hydrogens (tertiary/aromatic N) is 1. The number of aromatic nitrogens is 1. The van der Waals surface area contributed by atoms with Crippen LogP contribution in [0.15, 0.2) is 23.6 Å². The van der Waals surface area contributed by atoms with Crippen LogP contribution in [0, 0.1) is 6.92 Å². The fraction of sp³-hybridized carbons (Fsp3) is 0.400. The largest absolute Gasteiger partial charge is 0.310 e. The summed E-state index contributed by atoms with van der Waals surface area (Å²) in [5, 5.41) is 7.97. The Bertz CT molecular complexity index is 569. The van der Waals surface area contributed by atoms with Crippen molar-refractivity contribution in [2.75, 3.05) is 6.54 Å². The molecular weight excluding hydrogens is 311 g/mol. The molecule has 0 aliphatic rings. The molecule has 1 aromatic heterocycles. The van der Waals surface area contributed by atoms with E-state index in [1.165, 1.54) is 0 Å². The van der Waals surface area contributed by atoms with Crippen molar-refractivity contribution in [1.82, 2.24) is 10.3 Å². The van der Waals surface area contributed by atoms with Crippen LogP contribution >= 0.6 is 34.5 Å². The standard InChI is InChI=1S/C15H18Cl2N2S/c1-3-6-18-14(8-15-19-10(2)9-20-15)11-4-5-12(16)13(17)7-11/h4-5,7,9,14,18H,3,6,8H2,1-2H3. The Hall–Kier alpha value is -0.610. The molecule has 0 saturated heterocycles. The monoisotopic (exact) mass is 328 g/mol. The zero-order chi connectivity index (χ0) is 14.5. The van der Waals surface area contributed by atoms with Crippen molar-refractivity contribution >= 4 is 34.5 Å². The Kier molecular flexibility index (Phi) is 5.85. The van der Waals surface area contributed by atoms with Gasteiger partial charge in [0, 0.05) is 23.5 Å². The summed E-state index contributed by atoms with van der Waals surface area (Å²) >= 11 is 13.8. The van der Waals surface area contributed by atoms with E-state index in [9.17, 15) is 0 Å². The van der Waals surface area contributed by atoms with Crippen LogP contribution in [-0.2, 0) is 6.42 Å². The Morgan fingerprint density at radius 1 is 1.30 bits per heavy atom. The highest BCUT2D eigenvalue weighted by Crippen LogP contribution is 2.28. The second-order valence-corrected chi connectivity index (χ2v) is 6.52. The summed E-state index contributed by atoms with van der Waals surface area (Å²) in [7, 11) is 0. The molecule has 1 N–H and O–H groups in total. The molecule has 0 radical (unpaired) electrons. The molecule has 1 atom stereocenters. The van der Waals surface area contributed by atoms with E-state index in [1.54, 1.807) is 11.3 Å². The van der Waals surface area contributed by atoms with E-state index >= 15 is 0 Å². The lowest BCUT2D eigenvalue weighted by Crippen LogP contribution is -2.24. The van der Waals surface area contributed by atoms with Gasteiger partial charge in [-0.1, -0.05) is 36.2 Å². The van der Waals surface area contributed by atoms with Crippen LogP contribution in [0.4, 0.5) is 0 Å². The van der Waals surface area contributed by atoms with Crippen molar-refractivity contribution in [3.8, 4) is 0 Å². The smallest absolute Gasteiger partial charge is 0.0947 e. The molecule has 0 saturated carbocycles. The van der Waals surface area contributed by atoms with Crippen LogP contribution < -0.4 is 5.32 Å². The molecule has 0 spiro atoms. The summed E-state index contributed by atoms with van der Waals surface area (Å²) in [5.41, 5.74) is 2.23. The van der Waals surface area contributed by atoms with Gasteiger partial charge in [-0.25, -0.2) is 4.98 Å². The Morgan fingerprint density at radius 3 is 2.70 bits per heavy atom. The second kappa shape index (κ2) is 7.41. The van der Waals surface area contributed by atoms with E-state index in [2.05, 4.69) is 22.6 Å². The number of aryl methyl sites for hydroxylation is 1. The molecule has 2 rings (SSSR count). The van der Waals surface area contributed by atoms with Gasteiger partial charge in [0.25, 0.3) is 0 Å². The highest BCUT2D eigenvalue weighted by molar-refractivity contribution is 7.09. The summed E-state index contributed by atoms with van der Waals surface area (Å²) < 4.78 is 0. The van der Waals surface area contributed by atoms with Crippen molar-refractivity contribution in [1.29, 1.82) is 0 Å². The maximum Gasteiger partial charge on any atom is 0.0947 e. The highest BCUT2D eigenvalue weighted by Gasteiger charge is 2.14. The van der Waals surface area contributed by atoms with Gasteiger partial charge in [0.2, 0.25) is 0 Å². The molecule has 0 bridgehead atoms. The molecule has 2 aromatic rings. The van der Waals surface area contributed by atoms with Gasteiger partial charge in [-0.2, -0.15) is 0 Å². The molecule has 2 nitrogen and oxygen atoms in total.